The second-order valence-electron chi connectivity index (χ2n) is 5.01. The molecule has 4 rings (SSSR count). The Hall–Kier alpha value is -3.42. The van der Waals surface area contributed by atoms with E-state index in [1.54, 1.807) is 17.2 Å². The largest absolute Gasteiger partial charge is 0.355 e. The molecule has 2 aromatic heterocycles. The van der Waals surface area contributed by atoms with Crippen LogP contribution in [0.5, 0.6) is 0 Å². The first-order chi connectivity index (χ1) is 11.3. The van der Waals surface area contributed by atoms with Crippen LogP contribution in [-0.2, 0) is 6.54 Å². The third-order valence-electron chi connectivity index (χ3n) is 3.52. The Labute approximate surface area is 131 Å². The van der Waals surface area contributed by atoms with Gasteiger partial charge in [-0.15, -0.1) is 0 Å². The van der Waals surface area contributed by atoms with Gasteiger partial charge in [-0.1, -0.05) is 6.07 Å². The van der Waals surface area contributed by atoms with Crippen LogP contribution in [0.15, 0.2) is 49.2 Å². The highest BCUT2D eigenvalue weighted by Gasteiger charge is 2.18. The van der Waals surface area contributed by atoms with Gasteiger partial charge in [-0.3, -0.25) is 5.32 Å². The predicted molar refractivity (Wildman–Crippen MR) is 84.7 cm³/mol. The lowest BCUT2D eigenvalue weighted by Gasteiger charge is -2.20. The van der Waals surface area contributed by atoms with Gasteiger partial charge in [0.15, 0.2) is 0 Å². The van der Waals surface area contributed by atoms with Crippen molar-refractivity contribution in [2.24, 2.45) is 0 Å². The van der Waals surface area contributed by atoms with Crippen molar-refractivity contribution in [1.82, 2.24) is 25.1 Å². The molecule has 0 saturated heterocycles. The number of fused-ring (bicyclic) bond motifs is 1. The monoisotopic (exact) mass is 307 g/mol. The smallest absolute Gasteiger partial charge is 0.320 e. The number of carbonyl (C=O) groups is 1. The Morgan fingerprint density at radius 3 is 3.09 bits per heavy atom. The van der Waals surface area contributed by atoms with E-state index in [2.05, 4.69) is 31.0 Å². The van der Waals surface area contributed by atoms with E-state index in [0.717, 1.165) is 22.6 Å². The number of amides is 2. The molecule has 2 amide bonds. The zero-order chi connectivity index (χ0) is 15.6. The maximum absolute atomic E-state index is 11.4. The topological polar surface area (TPSA) is 96.8 Å². The van der Waals surface area contributed by atoms with Crippen molar-refractivity contribution in [1.29, 1.82) is 0 Å². The zero-order valence-electron chi connectivity index (χ0n) is 12.0. The molecule has 3 N–H and O–H groups in total. The van der Waals surface area contributed by atoms with E-state index in [1.165, 1.54) is 6.33 Å². The average Bonchev–Trinajstić information content (AvgIpc) is 3.09. The summed E-state index contributed by atoms with van der Waals surface area (Å²) in [5, 5.41) is 12.9. The van der Waals surface area contributed by atoms with Gasteiger partial charge >= 0.3 is 6.03 Å². The molecule has 0 saturated carbocycles. The normalized spacial score (nSPS) is 13.0. The predicted octanol–water partition coefficient (Wildman–Crippen LogP) is 2.04. The molecule has 0 unspecified atom stereocenters. The van der Waals surface area contributed by atoms with Gasteiger partial charge in [0, 0.05) is 23.1 Å². The standard InChI is InChI=1S/C15H13N7O/c23-15-18-7-12-13(4-5-17-14(12)21-15)20-10-2-1-3-11(6-10)22-9-16-8-19-22/h1-6,8-9H,7H2,(H3,17,18,20,21,23). The van der Waals surface area contributed by atoms with E-state index in [9.17, 15) is 4.79 Å². The molecule has 0 spiro atoms. The number of hydrogen-bond donors (Lipinski definition) is 3. The van der Waals surface area contributed by atoms with Crippen molar-refractivity contribution in [2.75, 3.05) is 10.6 Å². The molecule has 1 aromatic carbocycles. The Kier molecular flexibility index (Phi) is 3.12. The first-order valence-corrected chi connectivity index (χ1v) is 7.04. The molecule has 0 bridgehead atoms. The number of nitrogens with zero attached hydrogens (tertiary/aromatic N) is 4. The van der Waals surface area contributed by atoms with Crippen LogP contribution in [0.3, 0.4) is 0 Å². The Morgan fingerprint density at radius 2 is 2.22 bits per heavy atom. The highest BCUT2D eigenvalue weighted by Crippen LogP contribution is 2.27. The fourth-order valence-corrected chi connectivity index (χ4v) is 2.44. The van der Waals surface area contributed by atoms with Crippen molar-refractivity contribution >= 4 is 23.2 Å². The van der Waals surface area contributed by atoms with Crippen LogP contribution in [0.25, 0.3) is 5.69 Å². The van der Waals surface area contributed by atoms with Gasteiger partial charge in [-0.2, -0.15) is 5.10 Å². The number of benzene rings is 1. The SMILES string of the molecule is O=C1NCc2c(Nc3cccc(-n4cncn4)c3)ccnc2N1. The molecule has 3 heterocycles. The molecule has 1 aliphatic heterocycles. The molecule has 114 valence electrons. The summed E-state index contributed by atoms with van der Waals surface area (Å²) >= 11 is 0. The molecule has 8 heteroatoms. The third-order valence-corrected chi connectivity index (χ3v) is 3.52. The van der Waals surface area contributed by atoms with Crippen LogP contribution < -0.4 is 16.0 Å². The summed E-state index contributed by atoms with van der Waals surface area (Å²) in [6.07, 6.45) is 4.80. The minimum atomic E-state index is -0.240. The molecular formula is C15H13N7O. The Bertz CT molecular complexity index is 860. The van der Waals surface area contributed by atoms with Crippen LogP contribution in [0.1, 0.15) is 5.56 Å². The van der Waals surface area contributed by atoms with E-state index >= 15 is 0 Å². The summed E-state index contributed by atoms with van der Waals surface area (Å²) in [5.41, 5.74) is 3.61. The van der Waals surface area contributed by atoms with E-state index in [0.29, 0.717) is 12.4 Å². The number of urea groups is 1. The van der Waals surface area contributed by atoms with Gasteiger partial charge in [0.25, 0.3) is 0 Å². The van der Waals surface area contributed by atoms with Crippen LogP contribution >= 0.6 is 0 Å². The van der Waals surface area contributed by atoms with Crippen molar-refractivity contribution in [3.8, 4) is 5.69 Å². The number of aromatic nitrogens is 4. The van der Waals surface area contributed by atoms with Crippen molar-refractivity contribution < 1.29 is 4.79 Å². The molecule has 1 aliphatic rings. The molecule has 0 atom stereocenters. The number of pyridine rings is 1. The minimum absolute atomic E-state index is 0.240. The van der Waals surface area contributed by atoms with Crippen molar-refractivity contribution in [2.45, 2.75) is 6.54 Å². The van der Waals surface area contributed by atoms with Crippen molar-refractivity contribution in [3.63, 3.8) is 0 Å². The molecule has 0 aliphatic carbocycles. The van der Waals surface area contributed by atoms with Gasteiger partial charge in [0.05, 0.1) is 12.2 Å². The third kappa shape index (κ3) is 2.57. The first-order valence-electron chi connectivity index (χ1n) is 7.04. The second-order valence-corrected chi connectivity index (χ2v) is 5.01. The first kappa shape index (κ1) is 13.3. The maximum Gasteiger partial charge on any atom is 0.320 e. The van der Waals surface area contributed by atoms with E-state index in [1.807, 2.05) is 30.3 Å². The number of nitrogens with one attached hydrogen (secondary N) is 3. The summed E-state index contributed by atoms with van der Waals surface area (Å²) in [6.45, 7) is 0.431. The number of anilines is 3. The Morgan fingerprint density at radius 1 is 1.26 bits per heavy atom. The van der Waals surface area contributed by atoms with Crippen LogP contribution in [0.4, 0.5) is 22.0 Å². The minimum Gasteiger partial charge on any atom is -0.355 e. The van der Waals surface area contributed by atoms with Gasteiger partial charge in [0.2, 0.25) is 0 Å². The highest BCUT2D eigenvalue weighted by atomic mass is 16.2. The summed E-state index contributed by atoms with van der Waals surface area (Å²) in [7, 11) is 0. The van der Waals surface area contributed by atoms with E-state index in [4.69, 9.17) is 0 Å². The van der Waals surface area contributed by atoms with E-state index in [-0.39, 0.29) is 6.03 Å². The fourth-order valence-electron chi connectivity index (χ4n) is 2.44. The molecule has 3 aromatic rings. The summed E-state index contributed by atoms with van der Waals surface area (Å²) < 4.78 is 1.69. The molecular weight excluding hydrogens is 294 g/mol. The fraction of sp³-hybridized carbons (Fsp3) is 0.0667. The van der Waals surface area contributed by atoms with Gasteiger partial charge in [-0.05, 0) is 24.3 Å². The lowest BCUT2D eigenvalue weighted by atomic mass is 10.1. The van der Waals surface area contributed by atoms with Gasteiger partial charge in [0.1, 0.15) is 18.5 Å². The Balaban J connectivity index is 1.65. The maximum atomic E-state index is 11.4. The molecule has 8 nitrogen and oxygen atoms in total. The number of rotatable bonds is 3. The van der Waals surface area contributed by atoms with Gasteiger partial charge in [-0.25, -0.2) is 19.4 Å². The van der Waals surface area contributed by atoms with Crippen molar-refractivity contribution in [3.05, 3.63) is 54.7 Å². The van der Waals surface area contributed by atoms with Gasteiger partial charge < -0.3 is 10.6 Å². The zero-order valence-corrected chi connectivity index (χ0v) is 12.0. The van der Waals surface area contributed by atoms with Crippen LogP contribution in [0, 0.1) is 0 Å². The summed E-state index contributed by atoms with van der Waals surface area (Å²) in [4.78, 5) is 19.5. The number of carbonyl (C=O) groups excluding carboxylic acids is 1. The summed E-state index contributed by atoms with van der Waals surface area (Å²) in [6, 6.07) is 9.45. The lowest BCUT2D eigenvalue weighted by molar-refractivity contribution is 0.250. The van der Waals surface area contributed by atoms with E-state index < -0.39 is 0 Å². The molecule has 0 radical (unpaired) electrons. The quantitative estimate of drug-likeness (QED) is 0.688. The molecule has 0 fully saturated rings. The second kappa shape index (κ2) is 5.41. The molecule has 23 heavy (non-hydrogen) atoms. The van der Waals surface area contributed by atoms with Crippen LogP contribution in [0.2, 0.25) is 0 Å². The highest BCUT2D eigenvalue weighted by molar-refractivity contribution is 5.92. The van der Waals surface area contributed by atoms with Crippen LogP contribution in [-0.4, -0.2) is 25.8 Å². The average molecular weight is 307 g/mol. The number of hydrogen-bond acceptors (Lipinski definition) is 5. The summed E-state index contributed by atoms with van der Waals surface area (Å²) in [5.74, 6) is 0.575. The lowest BCUT2D eigenvalue weighted by Crippen LogP contribution is -2.34.